The van der Waals surface area contributed by atoms with Crippen LogP contribution < -0.4 is 16.4 Å². The predicted octanol–water partition coefficient (Wildman–Crippen LogP) is 2.93. The molecule has 2 saturated carbocycles. The van der Waals surface area contributed by atoms with Crippen LogP contribution in [0.15, 0.2) is 30.6 Å². The summed E-state index contributed by atoms with van der Waals surface area (Å²) in [6.07, 6.45) is 9.70. The summed E-state index contributed by atoms with van der Waals surface area (Å²) in [5.41, 5.74) is 16.6. The van der Waals surface area contributed by atoms with Crippen LogP contribution in [0.3, 0.4) is 0 Å². The molecule has 0 spiro atoms. The molecule has 1 saturated heterocycles. The number of hydrogen-bond donors (Lipinski definition) is 2. The minimum absolute atomic E-state index is 0.139. The van der Waals surface area contributed by atoms with Crippen molar-refractivity contribution in [3.05, 3.63) is 53.0 Å². The first-order chi connectivity index (χ1) is 16.9. The summed E-state index contributed by atoms with van der Waals surface area (Å²) in [7, 11) is 1.62. The zero-order chi connectivity index (χ0) is 25.1. The van der Waals surface area contributed by atoms with E-state index in [1.807, 2.05) is 11.8 Å². The molecule has 2 aliphatic carbocycles. The molecule has 1 aromatic rings. The number of amides is 1. The van der Waals surface area contributed by atoms with Crippen molar-refractivity contribution in [2.24, 2.45) is 17.4 Å². The molecule has 1 unspecified atom stereocenters. The van der Waals surface area contributed by atoms with Crippen LogP contribution in [0.2, 0.25) is 0 Å². The number of pyridine rings is 1. The van der Waals surface area contributed by atoms with Crippen LogP contribution >= 0.6 is 0 Å². The molecule has 35 heavy (non-hydrogen) atoms. The van der Waals surface area contributed by atoms with Crippen molar-refractivity contribution in [2.45, 2.75) is 51.0 Å². The van der Waals surface area contributed by atoms with Gasteiger partial charge in [-0.25, -0.2) is 4.98 Å². The van der Waals surface area contributed by atoms with Crippen LogP contribution in [0.5, 0.6) is 0 Å². The highest BCUT2D eigenvalue weighted by Gasteiger charge is 2.42. The van der Waals surface area contributed by atoms with E-state index < -0.39 is 0 Å². The molecule has 4 N–H and O–H groups in total. The fourth-order valence-electron chi connectivity index (χ4n) is 5.06. The van der Waals surface area contributed by atoms with E-state index in [9.17, 15) is 10.1 Å². The highest BCUT2D eigenvalue weighted by Crippen LogP contribution is 2.46. The topological polar surface area (TPSA) is 122 Å². The highest BCUT2D eigenvalue weighted by atomic mass is 16.5. The van der Waals surface area contributed by atoms with Gasteiger partial charge in [-0.2, -0.15) is 5.26 Å². The van der Waals surface area contributed by atoms with E-state index in [2.05, 4.69) is 17.5 Å². The van der Waals surface area contributed by atoms with Crippen molar-refractivity contribution >= 4 is 17.3 Å². The summed E-state index contributed by atoms with van der Waals surface area (Å²) in [4.78, 5) is 22.2. The van der Waals surface area contributed by atoms with Crippen molar-refractivity contribution in [3.8, 4) is 6.07 Å². The lowest BCUT2D eigenvalue weighted by molar-refractivity contribution is -0.135. The Balaban J connectivity index is 1.71. The molecule has 0 bridgehead atoms. The molecule has 186 valence electrons. The zero-order valence-corrected chi connectivity index (χ0v) is 20.8. The molecule has 3 aliphatic rings. The minimum Gasteiger partial charge on any atom is -0.404 e. The number of ether oxygens (including phenoxy) is 1. The van der Waals surface area contributed by atoms with E-state index in [1.54, 1.807) is 19.3 Å². The normalized spacial score (nSPS) is 21.1. The van der Waals surface area contributed by atoms with E-state index in [0.717, 1.165) is 53.9 Å². The third-order valence-electron chi connectivity index (χ3n) is 7.28. The van der Waals surface area contributed by atoms with Gasteiger partial charge in [-0.05, 0) is 56.2 Å². The molecule has 1 aromatic heterocycles. The first-order valence-electron chi connectivity index (χ1n) is 12.4. The second-order valence-electron chi connectivity index (χ2n) is 9.73. The summed E-state index contributed by atoms with van der Waals surface area (Å²) in [6.45, 7) is 8.10. The Morgan fingerprint density at radius 1 is 1.31 bits per heavy atom. The molecule has 1 amide bonds. The van der Waals surface area contributed by atoms with Crippen molar-refractivity contribution in [3.63, 3.8) is 0 Å². The molecule has 2 heterocycles. The summed E-state index contributed by atoms with van der Waals surface area (Å²) >= 11 is 0. The Hall–Kier alpha value is -3.31. The van der Waals surface area contributed by atoms with Gasteiger partial charge in [0.15, 0.2) is 0 Å². The quantitative estimate of drug-likeness (QED) is 0.526. The zero-order valence-electron chi connectivity index (χ0n) is 20.8. The number of hydrogen-bond acceptors (Lipinski definition) is 7. The molecule has 8 nitrogen and oxygen atoms in total. The van der Waals surface area contributed by atoms with Crippen molar-refractivity contribution in [1.82, 2.24) is 9.88 Å². The molecule has 4 rings (SSSR count). The van der Waals surface area contributed by atoms with Gasteiger partial charge in [0.2, 0.25) is 5.91 Å². The van der Waals surface area contributed by atoms with Crippen LogP contribution in [-0.4, -0.2) is 55.2 Å². The van der Waals surface area contributed by atoms with E-state index >= 15 is 0 Å². The third-order valence-corrected chi connectivity index (χ3v) is 7.28. The van der Waals surface area contributed by atoms with Gasteiger partial charge in [-0.1, -0.05) is 6.58 Å². The van der Waals surface area contributed by atoms with Crippen LogP contribution in [0, 0.1) is 24.2 Å². The van der Waals surface area contributed by atoms with Gasteiger partial charge in [-0.3, -0.25) is 4.79 Å². The van der Waals surface area contributed by atoms with Crippen LogP contribution in [0.1, 0.15) is 60.4 Å². The van der Waals surface area contributed by atoms with Crippen LogP contribution in [0.25, 0.3) is 5.57 Å². The van der Waals surface area contributed by atoms with Crippen LogP contribution in [-0.2, 0) is 9.53 Å². The summed E-state index contributed by atoms with van der Waals surface area (Å²) in [6, 6.07) is 2.55. The molecule has 3 fully saturated rings. The molecular weight excluding hydrogens is 440 g/mol. The molecular formula is C27H36N6O2. The van der Waals surface area contributed by atoms with Crippen LogP contribution in [0.4, 0.5) is 5.82 Å². The lowest BCUT2D eigenvalue weighted by Gasteiger charge is -2.43. The largest absolute Gasteiger partial charge is 0.404 e. The Labute approximate surface area is 207 Å². The lowest BCUT2D eigenvalue weighted by atomic mass is 9.92. The van der Waals surface area contributed by atoms with Crippen molar-refractivity contribution in [2.75, 3.05) is 38.3 Å². The van der Waals surface area contributed by atoms with E-state index in [-0.39, 0.29) is 11.9 Å². The Kier molecular flexibility index (Phi) is 7.46. The maximum absolute atomic E-state index is 12.9. The highest BCUT2D eigenvalue weighted by molar-refractivity contribution is 5.82. The number of anilines is 1. The number of nitrogens with zero attached hydrogens (tertiary/aromatic N) is 4. The average molecular weight is 477 g/mol. The Morgan fingerprint density at radius 2 is 2.06 bits per heavy atom. The summed E-state index contributed by atoms with van der Waals surface area (Å²) in [5, 5.41) is 10.2. The average Bonchev–Trinajstić information content (AvgIpc) is 3.78. The Morgan fingerprint density at radius 3 is 2.63 bits per heavy atom. The van der Waals surface area contributed by atoms with Gasteiger partial charge in [0.05, 0.1) is 30.3 Å². The monoisotopic (exact) mass is 476 g/mol. The number of carbonyl (C=O) groups excluding carboxylic acids is 1. The van der Waals surface area contributed by atoms with Gasteiger partial charge in [0.25, 0.3) is 0 Å². The first-order valence-corrected chi connectivity index (χ1v) is 12.4. The number of nitrogens with two attached hydrogens (primary N) is 2. The molecule has 0 aromatic carbocycles. The molecule has 1 aliphatic heterocycles. The molecule has 1 atom stereocenters. The van der Waals surface area contributed by atoms with E-state index in [4.69, 9.17) is 21.2 Å². The number of nitriles is 1. The lowest BCUT2D eigenvalue weighted by Crippen LogP contribution is -2.56. The smallest absolute Gasteiger partial charge is 0.225 e. The molecule has 8 heteroatoms. The number of rotatable bonds is 9. The van der Waals surface area contributed by atoms with E-state index in [0.29, 0.717) is 55.8 Å². The number of piperazine rings is 1. The Bertz CT molecular complexity index is 1090. The standard InChI is InChI=1S/C27H36N6O2/c1-4-21(30)13-20(14-28)25-17(2)22(15-29)27(31-26(25)19-7-8-19)32-10-11-33(24(34)9-12-35-3)23(16-32)18-5-6-18/h4,13-14,18-19,23H,1,5-12,16,28,30H2,2-3H3/b20-14+,21-13-. The van der Waals surface area contributed by atoms with Gasteiger partial charge < -0.3 is 26.0 Å². The van der Waals surface area contributed by atoms with Gasteiger partial charge >= 0.3 is 0 Å². The summed E-state index contributed by atoms with van der Waals surface area (Å²) < 4.78 is 5.13. The van der Waals surface area contributed by atoms with Gasteiger partial charge in [0.1, 0.15) is 11.9 Å². The number of carbonyl (C=O) groups is 1. The number of methoxy groups -OCH3 is 1. The fraction of sp³-hybridized carbons (Fsp3) is 0.519. The predicted molar refractivity (Wildman–Crippen MR) is 137 cm³/mol. The second kappa shape index (κ2) is 10.5. The van der Waals surface area contributed by atoms with Crippen molar-refractivity contribution < 1.29 is 9.53 Å². The third kappa shape index (κ3) is 5.20. The maximum atomic E-state index is 12.9. The van der Waals surface area contributed by atoms with Gasteiger partial charge in [0, 0.05) is 55.7 Å². The SMILES string of the molecule is C=C/C(N)=C/C(=C\N)c1c(C2CC2)nc(N2CCN(C(=O)CCOC)C(C3CC3)C2)c(C#N)c1C. The van der Waals surface area contributed by atoms with E-state index in [1.165, 1.54) is 6.20 Å². The minimum atomic E-state index is 0.139. The maximum Gasteiger partial charge on any atom is 0.225 e. The molecule has 0 radical (unpaired) electrons. The number of aromatic nitrogens is 1. The fourth-order valence-corrected chi connectivity index (χ4v) is 5.06. The second-order valence-corrected chi connectivity index (χ2v) is 9.73. The first kappa shape index (κ1) is 24.8. The summed E-state index contributed by atoms with van der Waals surface area (Å²) in [5.74, 6) is 1.73. The van der Waals surface area contributed by atoms with Crippen molar-refractivity contribution in [1.29, 1.82) is 5.26 Å². The van der Waals surface area contributed by atoms with Gasteiger partial charge in [-0.15, -0.1) is 0 Å². The number of allylic oxidation sites excluding steroid dienone is 3.